The lowest BCUT2D eigenvalue weighted by Crippen LogP contribution is -2.13. The van der Waals surface area contributed by atoms with Gasteiger partial charge in [0.1, 0.15) is 11.6 Å². The maximum atomic E-state index is 13.4. The molecule has 1 aromatic heterocycles. The molecule has 0 amide bonds. The van der Waals surface area contributed by atoms with Crippen molar-refractivity contribution in [2.75, 3.05) is 6.54 Å². The van der Waals surface area contributed by atoms with Gasteiger partial charge in [-0.25, -0.2) is 4.39 Å². The lowest BCUT2D eigenvalue weighted by molar-refractivity contribution is 0.484. The van der Waals surface area contributed by atoms with Gasteiger partial charge in [0, 0.05) is 5.56 Å². The molecule has 3 nitrogen and oxygen atoms in total. The third-order valence-electron chi connectivity index (χ3n) is 2.80. The van der Waals surface area contributed by atoms with Crippen molar-refractivity contribution in [1.82, 2.24) is 5.32 Å². The molecule has 98 valence electrons. The number of rotatable bonds is 5. The van der Waals surface area contributed by atoms with Crippen LogP contribution in [0.3, 0.4) is 0 Å². The van der Waals surface area contributed by atoms with Gasteiger partial charge in [0.25, 0.3) is 0 Å². The van der Waals surface area contributed by atoms with Gasteiger partial charge in [-0.15, -0.1) is 0 Å². The van der Waals surface area contributed by atoms with E-state index in [0.717, 1.165) is 24.3 Å². The van der Waals surface area contributed by atoms with Gasteiger partial charge < -0.3 is 9.73 Å². The van der Waals surface area contributed by atoms with Gasteiger partial charge in [-0.05, 0) is 42.8 Å². The number of hydrogen-bond donors (Lipinski definition) is 1. The molecule has 0 fully saturated rings. The zero-order valence-electron chi connectivity index (χ0n) is 10.7. The Morgan fingerprint density at radius 2 is 2.21 bits per heavy atom. The Morgan fingerprint density at radius 3 is 2.95 bits per heavy atom. The summed E-state index contributed by atoms with van der Waals surface area (Å²) >= 11 is 0. The van der Waals surface area contributed by atoms with Crippen molar-refractivity contribution < 1.29 is 8.81 Å². The Balaban J connectivity index is 2.29. The fourth-order valence-corrected chi connectivity index (χ4v) is 1.92. The third kappa shape index (κ3) is 3.21. The van der Waals surface area contributed by atoms with E-state index in [4.69, 9.17) is 9.68 Å². The Bertz CT molecular complexity index is 598. The summed E-state index contributed by atoms with van der Waals surface area (Å²) in [5, 5.41) is 12.1. The first-order valence-electron chi connectivity index (χ1n) is 6.22. The van der Waals surface area contributed by atoms with Crippen molar-refractivity contribution in [3.63, 3.8) is 0 Å². The summed E-state index contributed by atoms with van der Waals surface area (Å²) < 4.78 is 18.9. The number of halogens is 1. The van der Waals surface area contributed by atoms with Gasteiger partial charge in [-0.1, -0.05) is 6.92 Å². The zero-order valence-corrected chi connectivity index (χ0v) is 10.7. The maximum Gasteiger partial charge on any atom is 0.125 e. The average Bonchev–Trinajstić information content (AvgIpc) is 2.86. The van der Waals surface area contributed by atoms with Gasteiger partial charge >= 0.3 is 0 Å². The highest BCUT2D eigenvalue weighted by atomic mass is 19.1. The molecule has 2 rings (SSSR count). The SMILES string of the molecule is CCCNCc1occc1-c1cc(F)cc(C#N)c1. The predicted octanol–water partition coefficient (Wildman–Crippen LogP) is 3.46. The van der Waals surface area contributed by atoms with Gasteiger partial charge in [-0.3, -0.25) is 0 Å². The van der Waals surface area contributed by atoms with Crippen molar-refractivity contribution in [3.8, 4) is 17.2 Å². The minimum atomic E-state index is -0.414. The van der Waals surface area contributed by atoms with Crippen molar-refractivity contribution in [1.29, 1.82) is 5.26 Å². The largest absolute Gasteiger partial charge is 0.467 e. The highest BCUT2D eigenvalue weighted by Crippen LogP contribution is 2.26. The van der Waals surface area contributed by atoms with Crippen LogP contribution in [0.5, 0.6) is 0 Å². The summed E-state index contributed by atoms with van der Waals surface area (Å²) in [7, 11) is 0. The molecule has 1 heterocycles. The number of benzene rings is 1. The molecule has 0 radical (unpaired) electrons. The van der Waals surface area contributed by atoms with Gasteiger partial charge in [-0.2, -0.15) is 5.26 Å². The van der Waals surface area contributed by atoms with E-state index in [9.17, 15) is 4.39 Å². The van der Waals surface area contributed by atoms with Crippen molar-refractivity contribution in [2.24, 2.45) is 0 Å². The van der Waals surface area contributed by atoms with Gasteiger partial charge in [0.2, 0.25) is 0 Å². The molecule has 1 N–H and O–H groups in total. The molecular formula is C15H15FN2O. The normalized spacial score (nSPS) is 10.4. The molecule has 0 bridgehead atoms. The number of furan rings is 1. The standard InChI is InChI=1S/C15H15FN2O/c1-2-4-18-10-15-14(3-5-19-15)12-6-11(9-17)7-13(16)8-12/h3,5-8,18H,2,4,10H2,1H3. The van der Waals surface area contributed by atoms with E-state index >= 15 is 0 Å². The lowest BCUT2D eigenvalue weighted by atomic mass is 10.0. The summed E-state index contributed by atoms with van der Waals surface area (Å²) in [6.07, 6.45) is 2.61. The molecular weight excluding hydrogens is 243 g/mol. The first-order valence-corrected chi connectivity index (χ1v) is 6.22. The van der Waals surface area contributed by atoms with E-state index in [0.29, 0.717) is 17.7 Å². The van der Waals surface area contributed by atoms with Gasteiger partial charge in [0.05, 0.1) is 24.4 Å². The summed E-state index contributed by atoms with van der Waals surface area (Å²) in [6, 6.07) is 8.04. The zero-order chi connectivity index (χ0) is 13.7. The van der Waals surface area contributed by atoms with Crippen LogP contribution in [0.1, 0.15) is 24.7 Å². The van der Waals surface area contributed by atoms with Crippen LogP contribution in [0.2, 0.25) is 0 Å². The quantitative estimate of drug-likeness (QED) is 0.835. The highest BCUT2D eigenvalue weighted by Gasteiger charge is 2.10. The first kappa shape index (κ1) is 13.3. The van der Waals surface area contributed by atoms with E-state index in [1.807, 2.05) is 6.07 Å². The van der Waals surface area contributed by atoms with Crippen LogP contribution in [0.15, 0.2) is 34.9 Å². The minimum absolute atomic E-state index is 0.309. The van der Waals surface area contributed by atoms with Crippen LogP contribution in [-0.2, 0) is 6.54 Å². The predicted molar refractivity (Wildman–Crippen MR) is 70.8 cm³/mol. The molecule has 0 unspecified atom stereocenters. The Morgan fingerprint density at radius 1 is 1.37 bits per heavy atom. The smallest absolute Gasteiger partial charge is 0.125 e. The fourth-order valence-electron chi connectivity index (χ4n) is 1.92. The van der Waals surface area contributed by atoms with Crippen LogP contribution in [-0.4, -0.2) is 6.54 Å². The molecule has 1 aromatic carbocycles. The maximum absolute atomic E-state index is 13.4. The fraction of sp³-hybridized carbons (Fsp3) is 0.267. The third-order valence-corrected chi connectivity index (χ3v) is 2.80. The number of nitrogens with zero attached hydrogens (tertiary/aromatic N) is 1. The summed E-state index contributed by atoms with van der Waals surface area (Å²) in [6.45, 7) is 3.57. The molecule has 0 saturated heterocycles. The van der Waals surface area contributed by atoms with Crippen LogP contribution in [0.25, 0.3) is 11.1 Å². The van der Waals surface area contributed by atoms with Crippen molar-refractivity contribution >= 4 is 0 Å². The van der Waals surface area contributed by atoms with Crippen molar-refractivity contribution in [3.05, 3.63) is 47.7 Å². The average molecular weight is 258 g/mol. The minimum Gasteiger partial charge on any atom is -0.467 e. The molecule has 0 aliphatic carbocycles. The molecule has 0 atom stereocenters. The second-order valence-electron chi connectivity index (χ2n) is 4.27. The van der Waals surface area contributed by atoms with E-state index in [-0.39, 0.29) is 0 Å². The van der Waals surface area contributed by atoms with Crippen LogP contribution < -0.4 is 5.32 Å². The van der Waals surface area contributed by atoms with E-state index < -0.39 is 5.82 Å². The van der Waals surface area contributed by atoms with E-state index in [1.54, 1.807) is 18.4 Å². The second kappa shape index (κ2) is 6.17. The lowest BCUT2D eigenvalue weighted by Gasteiger charge is -2.05. The molecule has 0 aliphatic heterocycles. The summed E-state index contributed by atoms with van der Waals surface area (Å²) in [4.78, 5) is 0. The monoisotopic (exact) mass is 258 g/mol. The number of nitriles is 1. The van der Waals surface area contributed by atoms with E-state index in [2.05, 4.69) is 12.2 Å². The molecule has 19 heavy (non-hydrogen) atoms. The topological polar surface area (TPSA) is 49.0 Å². The second-order valence-corrected chi connectivity index (χ2v) is 4.27. The number of nitrogens with one attached hydrogen (secondary N) is 1. The van der Waals surface area contributed by atoms with Crippen LogP contribution in [0.4, 0.5) is 4.39 Å². The molecule has 0 spiro atoms. The van der Waals surface area contributed by atoms with E-state index in [1.165, 1.54) is 12.1 Å². The highest BCUT2D eigenvalue weighted by molar-refractivity contribution is 5.67. The van der Waals surface area contributed by atoms with Crippen molar-refractivity contribution in [2.45, 2.75) is 19.9 Å². The Kier molecular flexibility index (Phi) is 4.32. The number of hydrogen-bond acceptors (Lipinski definition) is 3. The molecule has 0 saturated carbocycles. The molecule has 4 heteroatoms. The van der Waals surface area contributed by atoms with Gasteiger partial charge in [0.15, 0.2) is 0 Å². The first-order chi connectivity index (χ1) is 9.24. The molecule has 0 aliphatic rings. The Hall–Kier alpha value is -2.12. The summed E-state index contributed by atoms with van der Waals surface area (Å²) in [5.74, 6) is 0.339. The van der Waals surface area contributed by atoms with Crippen LogP contribution in [0, 0.1) is 17.1 Å². The Labute approximate surface area is 111 Å². The summed E-state index contributed by atoms with van der Waals surface area (Å²) in [5.41, 5.74) is 1.79. The van der Waals surface area contributed by atoms with Crippen LogP contribution >= 0.6 is 0 Å². The molecule has 2 aromatic rings.